The summed E-state index contributed by atoms with van der Waals surface area (Å²) in [5, 5.41) is 3.11. The molecule has 0 radical (unpaired) electrons. The fraction of sp³-hybridized carbons (Fsp3) is 0.333. The van der Waals surface area contributed by atoms with Crippen molar-refractivity contribution < 1.29 is 22.8 Å². The minimum Gasteiger partial charge on any atom is -0.351 e. The standard InChI is InChI=1S/C21H18ClF3N2O2/c22-18-6-2-5-17-16(18)7-8-21(17,19(29)26-14-10-20(24,25)11-14)27(12-28)15-4-1-3-13(23)9-15/h1-6,9,12,14H,7-8,10-11H2,(H,26,29). The van der Waals surface area contributed by atoms with Crippen LogP contribution in [0.2, 0.25) is 5.02 Å². The fourth-order valence-electron chi connectivity index (χ4n) is 4.30. The summed E-state index contributed by atoms with van der Waals surface area (Å²) in [6.07, 6.45) is 0.204. The van der Waals surface area contributed by atoms with Crippen LogP contribution in [0.5, 0.6) is 0 Å². The number of hydrogen-bond acceptors (Lipinski definition) is 2. The third-order valence-corrected chi connectivity index (χ3v) is 6.06. The molecule has 0 bridgehead atoms. The van der Waals surface area contributed by atoms with Gasteiger partial charge >= 0.3 is 0 Å². The molecule has 1 unspecified atom stereocenters. The lowest BCUT2D eigenvalue weighted by Gasteiger charge is -2.42. The monoisotopic (exact) mass is 422 g/mol. The molecule has 29 heavy (non-hydrogen) atoms. The van der Waals surface area contributed by atoms with E-state index in [1.807, 2.05) is 0 Å². The van der Waals surface area contributed by atoms with Crippen LogP contribution in [0.3, 0.4) is 0 Å². The molecule has 1 N–H and O–H groups in total. The van der Waals surface area contributed by atoms with Crippen molar-refractivity contribution in [1.29, 1.82) is 0 Å². The van der Waals surface area contributed by atoms with E-state index < -0.39 is 42.1 Å². The summed E-state index contributed by atoms with van der Waals surface area (Å²) < 4.78 is 40.4. The summed E-state index contributed by atoms with van der Waals surface area (Å²) in [6.45, 7) is 0. The van der Waals surface area contributed by atoms with Crippen molar-refractivity contribution >= 4 is 29.6 Å². The molecule has 2 aromatic rings. The van der Waals surface area contributed by atoms with E-state index in [-0.39, 0.29) is 12.1 Å². The molecule has 4 rings (SSSR count). The van der Waals surface area contributed by atoms with Crippen molar-refractivity contribution in [2.45, 2.75) is 43.2 Å². The van der Waals surface area contributed by atoms with Gasteiger partial charge in [0.25, 0.3) is 11.8 Å². The van der Waals surface area contributed by atoms with Gasteiger partial charge in [0, 0.05) is 29.6 Å². The molecule has 2 amide bonds. The highest BCUT2D eigenvalue weighted by molar-refractivity contribution is 6.31. The fourth-order valence-corrected chi connectivity index (χ4v) is 4.57. The predicted octanol–water partition coefficient (Wildman–Crippen LogP) is 4.20. The van der Waals surface area contributed by atoms with E-state index in [9.17, 15) is 22.8 Å². The van der Waals surface area contributed by atoms with Gasteiger partial charge in [0.05, 0.1) is 0 Å². The Morgan fingerprint density at radius 2 is 1.93 bits per heavy atom. The largest absolute Gasteiger partial charge is 0.351 e. The zero-order valence-corrected chi connectivity index (χ0v) is 16.1. The van der Waals surface area contributed by atoms with Gasteiger partial charge in [-0.3, -0.25) is 14.5 Å². The first-order valence-corrected chi connectivity index (χ1v) is 9.61. The number of carbonyl (C=O) groups excluding carboxylic acids is 2. The van der Waals surface area contributed by atoms with Gasteiger partial charge < -0.3 is 5.32 Å². The quantitative estimate of drug-likeness (QED) is 0.734. The van der Waals surface area contributed by atoms with Crippen LogP contribution in [0.4, 0.5) is 18.9 Å². The van der Waals surface area contributed by atoms with Crippen molar-refractivity contribution in [3.05, 3.63) is 64.4 Å². The van der Waals surface area contributed by atoms with E-state index in [0.717, 1.165) is 6.07 Å². The van der Waals surface area contributed by atoms with Crippen LogP contribution >= 0.6 is 11.6 Å². The molecule has 2 aliphatic carbocycles. The third kappa shape index (κ3) is 3.27. The second-order valence-electron chi connectivity index (χ2n) is 7.52. The van der Waals surface area contributed by atoms with Crippen LogP contribution in [0.1, 0.15) is 30.4 Å². The lowest BCUT2D eigenvalue weighted by Crippen LogP contribution is -2.60. The normalized spacial score (nSPS) is 22.5. The van der Waals surface area contributed by atoms with Gasteiger partial charge in [-0.2, -0.15) is 0 Å². The van der Waals surface area contributed by atoms with Crippen LogP contribution in [0, 0.1) is 5.82 Å². The molecule has 1 atom stereocenters. The molecule has 0 aliphatic heterocycles. The van der Waals surface area contributed by atoms with E-state index in [2.05, 4.69) is 5.32 Å². The Kier molecular flexibility index (Phi) is 4.81. The first-order chi connectivity index (χ1) is 13.8. The molecule has 0 aromatic heterocycles. The average molecular weight is 423 g/mol. The number of halogens is 4. The van der Waals surface area contributed by atoms with E-state index in [1.54, 1.807) is 18.2 Å². The number of nitrogens with one attached hydrogen (secondary N) is 1. The Morgan fingerprint density at radius 1 is 1.21 bits per heavy atom. The molecular formula is C21H18ClF3N2O2. The second-order valence-corrected chi connectivity index (χ2v) is 7.92. The number of hydrogen-bond donors (Lipinski definition) is 1. The van der Waals surface area contributed by atoms with Crippen molar-refractivity contribution in [1.82, 2.24) is 5.32 Å². The number of nitrogens with zero attached hydrogens (tertiary/aromatic N) is 1. The molecule has 0 heterocycles. The Bertz CT molecular complexity index is 976. The van der Waals surface area contributed by atoms with Crippen LogP contribution in [-0.2, 0) is 21.5 Å². The van der Waals surface area contributed by atoms with Crippen LogP contribution in [0.15, 0.2) is 42.5 Å². The SMILES string of the molecule is O=CN(c1cccc(F)c1)C1(C(=O)NC2CC(F)(F)C2)CCc2c(Cl)cccc21. The summed E-state index contributed by atoms with van der Waals surface area (Å²) in [4.78, 5) is 26.7. The minimum atomic E-state index is -2.80. The van der Waals surface area contributed by atoms with E-state index in [0.29, 0.717) is 29.0 Å². The number of alkyl halides is 2. The Labute approximate surface area is 170 Å². The zero-order chi connectivity index (χ0) is 20.8. The first kappa shape index (κ1) is 19.8. The molecule has 0 spiro atoms. The second kappa shape index (κ2) is 7.06. The Hall–Kier alpha value is -2.54. The highest BCUT2D eigenvalue weighted by Crippen LogP contribution is 2.46. The van der Waals surface area contributed by atoms with Gasteiger partial charge in [-0.25, -0.2) is 13.2 Å². The smallest absolute Gasteiger partial charge is 0.252 e. The Balaban J connectivity index is 1.80. The lowest BCUT2D eigenvalue weighted by molar-refractivity contribution is -0.135. The van der Waals surface area contributed by atoms with Gasteiger partial charge in [-0.05, 0) is 48.2 Å². The summed E-state index contributed by atoms with van der Waals surface area (Å²) in [5.74, 6) is -3.93. The molecule has 0 saturated heterocycles. The summed E-state index contributed by atoms with van der Waals surface area (Å²) in [6, 6.07) is 9.71. The van der Waals surface area contributed by atoms with Crippen LogP contribution in [-0.4, -0.2) is 24.3 Å². The van der Waals surface area contributed by atoms with Gasteiger partial charge in [0.1, 0.15) is 5.82 Å². The van der Waals surface area contributed by atoms with Crippen molar-refractivity contribution in [2.75, 3.05) is 4.90 Å². The van der Waals surface area contributed by atoms with Crippen molar-refractivity contribution in [3.63, 3.8) is 0 Å². The molecule has 8 heteroatoms. The van der Waals surface area contributed by atoms with E-state index in [4.69, 9.17) is 11.6 Å². The average Bonchev–Trinajstić information content (AvgIpc) is 3.03. The van der Waals surface area contributed by atoms with E-state index >= 15 is 0 Å². The summed E-state index contributed by atoms with van der Waals surface area (Å²) in [7, 11) is 0. The maximum absolute atomic E-state index is 13.8. The van der Waals surface area contributed by atoms with Crippen molar-refractivity contribution in [2.24, 2.45) is 0 Å². The molecule has 152 valence electrons. The molecule has 1 saturated carbocycles. The number of fused-ring (bicyclic) bond motifs is 1. The minimum absolute atomic E-state index is 0.196. The topological polar surface area (TPSA) is 49.4 Å². The predicted molar refractivity (Wildman–Crippen MR) is 103 cm³/mol. The van der Waals surface area contributed by atoms with Gasteiger partial charge in [-0.15, -0.1) is 0 Å². The molecule has 2 aromatic carbocycles. The van der Waals surface area contributed by atoms with E-state index in [1.165, 1.54) is 23.1 Å². The highest BCUT2D eigenvalue weighted by atomic mass is 35.5. The van der Waals surface area contributed by atoms with Gasteiger partial charge in [-0.1, -0.05) is 29.8 Å². The number of anilines is 1. The third-order valence-electron chi connectivity index (χ3n) is 5.71. The zero-order valence-electron chi connectivity index (χ0n) is 15.3. The van der Waals surface area contributed by atoms with Crippen LogP contribution in [0.25, 0.3) is 0 Å². The number of rotatable bonds is 5. The van der Waals surface area contributed by atoms with Gasteiger partial charge in [0.15, 0.2) is 5.54 Å². The number of carbonyl (C=O) groups is 2. The lowest BCUT2D eigenvalue weighted by atomic mass is 9.84. The van der Waals surface area contributed by atoms with Crippen LogP contribution < -0.4 is 10.2 Å². The molecule has 2 aliphatic rings. The molecule has 1 fully saturated rings. The Morgan fingerprint density at radius 3 is 2.59 bits per heavy atom. The maximum Gasteiger partial charge on any atom is 0.252 e. The number of amides is 2. The first-order valence-electron chi connectivity index (χ1n) is 9.24. The summed E-state index contributed by atoms with van der Waals surface area (Å²) >= 11 is 6.30. The van der Waals surface area contributed by atoms with Gasteiger partial charge in [0.2, 0.25) is 6.41 Å². The highest BCUT2D eigenvalue weighted by Gasteiger charge is 2.54. The molecule has 4 nitrogen and oxygen atoms in total. The number of benzene rings is 2. The maximum atomic E-state index is 13.8. The molecular weight excluding hydrogens is 405 g/mol. The van der Waals surface area contributed by atoms with Crippen molar-refractivity contribution in [3.8, 4) is 0 Å². The summed E-state index contributed by atoms with van der Waals surface area (Å²) in [5.41, 5.74) is -0.0703.